The van der Waals surface area contributed by atoms with Gasteiger partial charge in [-0.05, 0) is 0 Å². The Kier molecular flexibility index (Phi) is 1.69. The maximum Gasteiger partial charge on any atom is 0.256 e. The molecule has 0 bridgehead atoms. The van der Waals surface area contributed by atoms with Gasteiger partial charge in [-0.15, -0.1) is 0 Å². The van der Waals surface area contributed by atoms with Gasteiger partial charge in [-0.2, -0.15) is 0 Å². The van der Waals surface area contributed by atoms with Gasteiger partial charge in [0.2, 0.25) is 0 Å². The van der Waals surface area contributed by atoms with E-state index in [0.717, 1.165) is 12.1 Å². The van der Waals surface area contributed by atoms with Gasteiger partial charge in [-0.3, -0.25) is 4.79 Å². The normalized spacial score (nSPS) is 15.2. The topological polar surface area (TPSA) is 54.9 Å². The number of aromatic nitrogens is 2. The third kappa shape index (κ3) is 1.04. The number of nitrogens with one attached hydrogen (secondary N) is 1. The summed E-state index contributed by atoms with van der Waals surface area (Å²) in [5.74, 6) is -0.179. The van der Waals surface area contributed by atoms with E-state index in [-0.39, 0.29) is 11.1 Å². The summed E-state index contributed by atoms with van der Waals surface area (Å²) >= 11 is 5.73. The Labute approximate surface area is 74.0 Å². The molecule has 0 aliphatic carbocycles. The fourth-order valence-electron chi connectivity index (χ4n) is 1.19. The fourth-order valence-corrected chi connectivity index (χ4v) is 1.43. The first-order valence-electron chi connectivity index (χ1n) is 3.56. The van der Waals surface area contributed by atoms with Crippen LogP contribution in [0.25, 0.3) is 0 Å². The molecule has 1 aromatic heterocycles. The van der Waals surface area contributed by atoms with Crippen molar-refractivity contribution >= 4 is 17.5 Å². The third-order valence-electron chi connectivity index (χ3n) is 1.75. The van der Waals surface area contributed by atoms with Crippen molar-refractivity contribution < 1.29 is 4.79 Å². The van der Waals surface area contributed by atoms with Gasteiger partial charge in [-0.1, -0.05) is 11.6 Å². The van der Waals surface area contributed by atoms with Crippen LogP contribution >= 0.6 is 11.6 Å². The molecular formula is C7H6ClN3O. The number of carbonyl (C=O) groups excluding carboxylic acids is 1. The summed E-state index contributed by atoms with van der Waals surface area (Å²) < 4.78 is 0. The van der Waals surface area contributed by atoms with E-state index in [1.54, 1.807) is 0 Å². The monoisotopic (exact) mass is 183 g/mol. The fraction of sp³-hybridized carbons (Fsp3) is 0.286. The van der Waals surface area contributed by atoms with Crippen LogP contribution in [0.15, 0.2) is 6.33 Å². The van der Waals surface area contributed by atoms with Crippen LogP contribution in [0.2, 0.25) is 5.15 Å². The number of rotatable bonds is 0. The summed E-state index contributed by atoms with van der Waals surface area (Å²) in [6.07, 6.45) is 2.10. The molecule has 62 valence electrons. The van der Waals surface area contributed by atoms with E-state index < -0.39 is 0 Å². The third-order valence-corrected chi connectivity index (χ3v) is 2.04. The predicted octanol–water partition coefficient (Wildman–Crippen LogP) is 0.416. The van der Waals surface area contributed by atoms with Gasteiger partial charge >= 0.3 is 0 Å². The number of hydrogen-bond donors (Lipinski definition) is 1. The van der Waals surface area contributed by atoms with Crippen LogP contribution in [0.4, 0.5) is 0 Å². The van der Waals surface area contributed by atoms with Crippen molar-refractivity contribution in [3.05, 3.63) is 22.7 Å². The van der Waals surface area contributed by atoms with Gasteiger partial charge in [-0.25, -0.2) is 9.97 Å². The second kappa shape index (κ2) is 2.71. The highest BCUT2D eigenvalue weighted by molar-refractivity contribution is 6.32. The van der Waals surface area contributed by atoms with Gasteiger partial charge in [0.15, 0.2) is 0 Å². The quantitative estimate of drug-likeness (QED) is 0.593. The zero-order valence-corrected chi connectivity index (χ0v) is 6.93. The zero-order chi connectivity index (χ0) is 8.55. The Balaban J connectivity index is 2.60. The van der Waals surface area contributed by atoms with E-state index >= 15 is 0 Å². The lowest BCUT2D eigenvalue weighted by Crippen LogP contribution is -2.33. The molecule has 0 spiro atoms. The molecule has 1 aliphatic heterocycles. The molecule has 2 rings (SSSR count). The van der Waals surface area contributed by atoms with Crippen molar-refractivity contribution in [2.75, 3.05) is 6.54 Å². The van der Waals surface area contributed by atoms with Gasteiger partial charge in [0.1, 0.15) is 11.5 Å². The number of fused-ring (bicyclic) bond motifs is 1. The van der Waals surface area contributed by atoms with Gasteiger partial charge in [0.05, 0.1) is 11.3 Å². The number of halogens is 1. The Bertz CT molecular complexity index is 339. The van der Waals surface area contributed by atoms with Crippen molar-refractivity contribution in [2.45, 2.75) is 6.42 Å². The van der Waals surface area contributed by atoms with Crippen molar-refractivity contribution in [1.29, 1.82) is 0 Å². The molecule has 0 fully saturated rings. The van der Waals surface area contributed by atoms with Crippen molar-refractivity contribution in [1.82, 2.24) is 15.3 Å². The van der Waals surface area contributed by atoms with Gasteiger partial charge < -0.3 is 5.32 Å². The predicted molar refractivity (Wildman–Crippen MR) is 43.1 cm³/mol. The van der Waals surface area contributed by atoms with Crippen molar-refractivity contribution in [2.24, 2.45) is 0 Å². The highest BCUT2D eigenvalue weighted by Crippen LogP contribution is 2.17. The van der Waals surface area contributed by atoms with Crippen LogP contribution in [0, 0.1) is 0 Å². The smallest absolute Gasteiger partial charge is 0.256 e. The van der Waals surface area contributed by atoms with Gasteiger partial charge in [0.25, 0.3) is 5.91 Å². The highest BCUT2D eigenvalue weighted by atomic mass is 35.5. The second-order valence-electron chi connectivity index (χ2n) is 2.49. The standard InChI is InChI=1S/C7H6ClN3O/c8-6-5-4(10-3-11-6)1-2-9-7(5)12/h3H,1-2H2,(H,9,12). The molecule has 1 aliphatic rings. The average molecular weight is 184 g/mol. The summed E-state index contributed by atoms with van der Waals surface area (Å²) in [4.78, 5) is 18.9. The Morgan fingerprint density at radius 2 is 2.33 bits per heavy atom. The summed E-state index contributed by atoms with van der Waals surface area (Å²) in [5.41, 5.74) is 1.16. The minimum atomic E-state index is -0.179. The molecule has 1 aromatic rings. The molecule has 0 atom stereocenters. The second-order valence-corrected chi connectivity index (χ2v) is 2.85. The van der Waals surface area contributed by atoms with Crippen LogP contribution in [-0.2, 0) is 6.42 Å². The maximum atomic E-state index is 11.2. The largest absolute Gasteiger partial charge is 0.351 e. The van der Waals surface area contributed by atoms with E-state index in [0.29, 0.717) is 12.1 Å². The van der Waals surface area contributed by atoms with Crippen molar-refractivity contribution in [3.8, 4) is 0 Å². The lowest BCUT2D eigenvalue weighted by Gasteiger charge is -2.14. The Morgan fingerprint density at radius 1 is 1.50 bits per heavy atom. The number of carbonyl (C=O) groups is 1. The zero-order valence-electron chi connectivity index (χ0n) is 6.17. The molecule has 2 heterocycles. The van der Waals surface area contributed by atoms with E-state index in [9.17, 15) is 4.79 Å². The first-order valence-corrected chi connectivity index (χ1v) is 3.94. The Morgan fingerprint density at radius 3 is 3.08 bits per heavy atom. The van der Waals surface area contributed by atoms with Crippen molar-refractivity contribution in [3.63, 3.8) is 0 Å². The molecular weight excluding hydrogens is 178 g/mol. The first-order chi connectivity index (χ1) is 5.79. The minimum absolute atomic E-state index is 0.179. The molecule has 0 saturated carbocycles. The molecule has 1 amide bonds. The summed E-state index contributed by atoms with van der Waals surface area (Å²) in [5, 5.41) is 2.91. The SMILES string of the molecule is O=C1NCCc2ncnc(Cl)c21. The van der Waals surface area contributed by atoms with Crippen LogP contribution < -0.4 is 5.32 Å². The van der Waals surface area contributed by atoms with Crippen LogP contribution in [0.1, 0.15) is 16.1 Å². The number of nitrogens with zero attached hydrogens (tertiary/aromatic N) is 2. The molecule has 0 unspecified atom stereocenters. The van der Waals surface area contributed by atoms with Gasteiger partial charge in [0, 0.05) is 13.0 Å². The summed E-state index contributed by atoms with van der Waals surface area (Å²) in [6.45, 7) is 0.624. The summed E-state index contributed by atoms with van der Waals surface area (Å²) in [6, 6.07) is 0. The van der Waals surface area contributed by atoms with E-state index in [1.165, 1.54) is 6.33 Å². The lowest BCUT2D eigenvalue weighted by molar-refractivity contribution is 0.0944. The molecule has 4 nitrogen and oxygen atoms in total. The number of amides is 1. The molecule has 0 radical (unpaired) electrons. The molecule has 0 saturated heterocycles. The highest BCUT2D eigenvalue weighted by Gasteiger charge is 2.21. The summed E-state index contributed by atoms with van der Waals surface area (Å²) in [7, 11) is 0. The van der Waals surface area contributed by atoms with Crippen LogP contribution in [0.3, 0.4) is 0 Å². The van der Waals surface area contributed by atoms with Crippen LogP contribution in [-0.4, -0.2) is 22.4 Å². The molecule has 5 heteroatoms. The van der Waals surface area contributed by atoms with E-state index in [1.807, 2.05) is 0 Å². The number of hydrogen-bond acceptors (Lipinski definition) is 3. The first kappa shape index (κ1) is 7.49. The lowest BCUT2D eigenvalue weighted by atomic mass is 10.1. The average Bonchev–Trinajstić information content (AvgIpc) is 2.04. The Hall–Kier alpha value is -1.16. The molecule has 12 heavy (non-hydrogen) atoms. The molecule has 0 aromatic carbocycles. The van der Waals surface area contributed by atoms with E-state index in [4.69, 9.17) is 11.6 Å². The minimum Gasteiger partial charge on any atom is -0.351 e. The van der Waals surface area contributed by atoms with E-state index in [2.05, 4.69) is 15.3 Å². The molecule has 1 N–H and O–H groups in total. The van der Waals surface area contributed by atoms with Crippen LogP contribution in [0.5, 0.6) is 0 Å². The maximum absolute atomic E-state index is 11.2.